The van der Waals surface area contributed by atoms with Gasteiger partial charge in [-0.1, -0.05) is 36.4 Å². The molecular weight excluding hydrogens is 256 g/mol. The summed E-state index contributed by atoms with van der Waals surface area (Å²) in [5.41, 5.74) is 2.09. The molecule has 106 valence electrons. The highest BCUT2D eigenvalue weighted by molar-refractivity contribution is 5.21. The molecule has 3 heteroatoms. The van der Waals surface area contributed by atoms with Crippen LogP contribution in [0.3, 0.4) is 0 Å². The van der Waals surface area contributed by atoms with Gasteiger partial charge in [-0.25, -0.2) is 8.78 Å². The van der Waals surface area contributed by atoms with Crippen molar-refractivity contribution in [2.24, 2.45) is 0 Å². The minimum Gasteiger partial charge on any atom is -0.313 e. The van der Waals surface area contributed by atoms with Gasteiger partial charge >= 0.3 is 0 Å². The SMILES string of the molecule is CNC(CCCc1ccccc1)c1ccc(F)c(F)c1. The van der Waals surface area contributed by atoms with Crippen LogP contribution in [0, 0.1) is 11.6 Å². The second kappa shape index (κ2) is 7.15. The third-order valence-corrected chi connectivity index (χ3v) is 3.50. The highest BCUT2D eigenvalue weighted by Crippen LogP contribution is 2.21. The lowest BCUT2D eigenvalue weighted by atomic mass is 9.99. The van der Waals surface area contributed by atoms with Gasteiger partial charge in [0.25, 0.3) is 0 Å². The van der Waals surface area contributed by atoms with E-state index in [4.69, 9.17) is 0 Å². The Morgan fingerprint density at radius 1 is 1.00 bits per heavy atom. The van der Waals surface area contributed by atoms with Crippen LogP contribution in [0.1, 0.15) is 30.0 Å². The van der Waals surface area contributed by atoms with E-state index in [1.54, 1.807) is 6.07 Å². The topological polar surface area (TPSA) is 12.0 Å². The van der Waals surface area contributed by atoms with Crippen LogP contribution in [0.25, 0.3) is 0 Å². The van der Waals surface area contributed by atoms with Gasteiger partial charge < -0.3 is 5.32 Å². The average Bonchev–Trinajstić information content (AvgIpc) is 2.48. The van der Waals surface area contributed by atoms with Gasteiger partial charge in [0, 0.05) is 6.04 Å². The Bertz CT molecular complexity index is 540. The smallest absolute Gasteiger partial charge is 0.159 e. The number of hydrogen-bond acceptors (Lipinski definition) is 1. The summed E-state index contributed by atoms with van der Waals surface area (Å²) in [5, 5.41) is 3.16. The highest BCUT2D eigenvalue weighted by atomic mass is 19.2. The molecule has 1 atom stereocenters. The van der Waals surface area contributed by atoms with E-state index in [0.717, 1.165) is 24.8 Å². The van der Waals surface area contributed by atoms with E-state index in [-0.39, 0.29) is 6.04 Å². The molecule has 0 saturated carbocycles. The minimum absolute atomic E-state index is 0.0498. The van der Waals surface area contributed by atoms with E-state index in [9.17, 15) is 8.78 Å². The largest absolute Gasteiger partial charge is 0.313 e. The molecule has 0 aliphatic carbocycles. The minimum atomic E-state index is -0.798. The molecule has 0 amide bonds. The maximum Gasteiger partial charge on any atom is 0.159 e. The van der Waals surface area contributed by atoms with E-state index in [1.165, 1.54) is 17.7 Å². The highest BCUT2D eigenvalue weighted by Gasteiger charge is 2.11. The van der Waals surface area contributed by atoms with Gasteiger partial charge in [0.2, 0.25) is 0 Å². The fraction of sp³-hybridized carbons (Fsp3) is 0.294. The van der Waals surface area contributed by atoms with Crippen molar-refractivity contribution >= 4 is 0 Å². The van der Waals surface area contributed by atoms with E-state index in [0.29, 0.717) is 0 Å². The first-order valence-electron chi connectivity index (χ1n) is 6.87. The molecule has 0 heterocycles. The number of halogens is 2. The van der Waals surface area contributed by atoms with Crippen molar-refractivity contribution in [3.63, 3.8) is 0 Å². The Kier molecular flexibility index (Phi) is 5.24. The van der Waals surface area contributed by atoms with Crippen molar-refractivity contribution in [3.8, 4) is 0 Å². The molecule has 2 rings (SSSR count). The van der Waals surface area contributed by atoms with Crippen molar-refractivity contribution in [3.05, 3.63) is 71.3 Å². The summed E-state index contributed by atoms with van der Waals surface area (Å²) in [6, 6.07) is 14.4. The molecule has 2 aromatic rings. The van der Waals surface area contributed by atoms with Gasteiger partial charge in [0.05, 0.1) is 0 Å². The number of rotatable bonds is 6. The Balaban J connectivity index is 1.93. The van der Waals surface area contributed by atoms with Crippen LogP contribution in [0.2, 0.25) is 0 Å². The van der Waals surface area contributed by atoms with Gasteiger partial charge in [-0.15, -0.1) is 0 Å². The first-order chi connectivity index (χ1) is 9.70. The molecule has 20 heavy (non-hydrogen) atoms. The van der Waals surface area contributed by atoms with E-state index in [1.807, 2.05) is 25.2 Å². The van der Waals surface area contributed by atoms with Gasteiger partial charge in [0.1, 0.15) is 0 Å². The summed E-state index contributed by atoms with van der Waals surface area (Å²) < 4.78 is 26.2. The van der Waals surface area contributed by atoms with Crippen molar-refractivity contribution in [2.75, 3.05) is 7.05 Å². The lowest BCUT2D eigenvalue weighted by Crippen LogP contribution is -2.16. The summed E-state index contributed by atoms with van der Waals surface area (Å²) in [6.07, 6.45) is 2.87. The number of nitrogens with one attached hydrogen (secondary N) is 1. The van der Waals surface area contributed by atoms with E-state index < -0.39 is 11.6 Å². The maximum atomic E-state index is 13.3. The maximum absolute atomic E-state index is 13.3. The molecule has 0 saturated heterocycles. The zero-order chi connectivity index (χ0) is 14.4. The molecule has 0 bridgehead atoms. The molecule has 0 aromatic heterocycles. The molecule has 0 fully saturated rings. The fourth-order valence-corrected chi connectivity index (χ4v) is 2.36. The van der Waals surface area contributed by atoms with Gasteiger partial charge in [-0.3, -0.25) is 0 Å². The molecule has 0 aliphatic rings. The van der Waals surface area contributed by atoms with Crippen LogP contribution < -0.4 is 5.32 Å². The summed E-state index contributed by atoms with van der Waals surface area (Å²) in [7, 11) is 1.84. The van der Waals surface area contributed by atoms with Crippen LogP contribution in [0.4, 0.5) is 8.78 Å². The summed E-state index contributed by atoms with van der Waals surface area (Å²) >= 11 is 0. The lowest BCUT2D eigenvalue weighted by Gasteiger charge is -2.16. The lowest BCUT2D eigenvalue weighted by molar-refractivity contribution is 0.492. The third-order valence-electron chi connectivity index (χ3n) is 3.50. The van der Waals surface area contributed by atoms with Crippen LogP contribution >= 0.6 is 0 Å². The Labute approximate surface area is 118 Å². The first-order valence-corrected chi connectivity index (χ1v) is 6.87. The number of hydrogen-bond donors (Lipinski definition) is 1. The Hall–Kier alpha value is -1.74. The van der Waals surface area contributed by atoms with Crippen molar-refractivity contribution in [1.29, 1.82) is 0 Å². The zero-order valence-electron chi connectivity index (χ0n) is 11.6. The van der Waals surface area contributed by atoms with Gasteiger partial charge in [-0.2, -0.15) is 0 Å². The van der Waals surface area contributed by atoms with Crippen LogP contribution in [0.15, 0.2) is 48.5 Å². The second-order valence-corrected chi connectivity index (χ2v) is 4.89. The van der Waals surface area contributed by atoms with Gasteiger partial charge in [0.15, 0.2) is 11.6 Å². The van der Waals surface area contributed by atoms with Crippen molar-refractivity contribution < 1.29 is 8.78 Å². The van der Waals surface area contributed by atoms with Gasteiger partial charge in [-0.05, 0) is 49.6 Å². The van der Waals surface area contributed by atoms with Crippen molar-refractivity contribution in [2.45, 2.75) is 25.3 Å². The van der Waals surface area contributed by atoms with Crippen LogP contribution in [-0.4, -0.2) is 7.05 Å². The summed E-state index contributed by atoms with van der Waals surface area (Å²) in [4.78, 5) is 0. The monoisotopic (exact) mass is 275 g/mol. The zero-order valence-corrected chi connectivity index (χ0v) is 11.6. The molecule has 1 nitrogen and oxygen atoms in total. The van der Waals surface area contributed by atoms with E-state index >= 15 is 0 Å². The van der Waals surface area contributed by atoms with E-state index in [2.05, 4.69) is 17.4 Å². The van der Waals surface area contributed by atoms with Crippen molar-refractivity contribution in [1.82, 2.24) is 5.32 Å². The third kappa shape index (κ3) is 3.87. The quantitative estimate of drug-likeness (QED) is 0.831. The predicted molar refractivity (Wildman–Crippen MR) is 77.5 cm³/mol. The number of aryl methyl sites for hydroxylation is 1. The predicted octanol–water partition coefficient (Wildman–Crippen LogP) is 4.25. The summed E-state index contributed by atoms with van der Waals surface area (Å²) in [5.74, 6) is -1.58. The van der Waals surface area contributed by atoms with Crippen LogP contribution in [0.5, 0.6) is 0 Å². The average molecular weight is 275 g/mol. The van der Waals surface area contributed by atoms with Crippen LogP contribution in [-0.2, 0) is 6.42 Å². The Morgan fingerprint density at radius 2 is 1.75 bits per heavy atom. The fourth-order valence-electron chi connectivity index (χ4n) is 2.36. The molecule has 2 aromatic carbocycles. The normalized spacial score (nSPS) is 12.3. The molecule has 1 N–H and O–H groups in total. The second-order valence-electron chi connectivity index (χ2n) is 4.89. The standard InChI is InChI=1S/C17H19F2N/c1-20-17(14-10-11-15(18)16(19)12-14)9-5-8-13-6-3-2-4-7-13/h2-4,6-7,10-12,17,20H,5,8-9H2,1H3. The molecule has 0 spiro atoms. The molecule has 0 aliphatic heterocycles. The molecular formula is C17H19F2N. The summed E-state index contributed by atoms with van der Waals surface area (Å²) in [6.45, 7) is 0. The molecule has 1 unspecified atom stereocenters. The number of benzene rings is 2. The first kappa shape index (κ1) is 14.7. The Morgan fingerprint density at radius 3 is 2.40 bits per heavy atom. The molecule has 0 radical (unpaired) electrons.